The molecule has 2 aliphatic rings. The lowest BCUT2D eigenvalue weighted by Crippen LogP contribution is -2.41. The van der Waals surface area contributed by atoms with E-state index in [0.29, 0.717) is 23.2 Å². The molecule has 0 spiro atoms. The zero-order valence-electron chi connectivity index (χ0n) is 17.5. The quantitative estimate of drug-likeness (QED) is 0.623. The Morgan fingerprint density at radius 1 is 0.781 bits per heavy atom. The molecule has 0 bridgehead atoms. The molecule has 0 aromatic heterocycles. The minimum atomic E-state index is -3.53. The largest absolute Gasteiger partial charge is 0.269 e. The molecule has 2 heterocycles. The van der Waals surface area contributed by atoms with Crippen molar-refractivity contribution in [2.24, 2.45) is 0 Å². The van der Waals surface area contributed by atoms with Gasteiger partial charge in [0.1, 0.15) is 0 Å². The van der Waals surface area contributed by atoms with Crippen molar-refractivity contribution in [1.29, 1.82) is 0 Å². The first-order valence-corrected chi connectivity index (χ1v) is 14.0. The average Bonchev–Trinajstić information content (AvgIpc) is 3.39. The van der Waals surface area contributed by atoms with Gasteiger partial charge in [-0.15, -0.1) is 23.5 Å². The standard InChI is InChI=1S/C22H25N3O4S3/c26-20(16-4-6-18(7-5-16)22-30-14-3-15-31-22)23-24-21(27)17-8-10-19(11-9-17)32(28,29)25-12-1-2-13-25/h4-11,22H,1-3,12-15H2,(H,23,26)(H,24,27). The van der Waals surface area contributed by atoms with Crippen LogP contribution in [0.25, 0.3) is 0 Å². The second-order valence-electron chi connectivity index (χ2n) is 7.59. The van der Waals surface area contributed by atoms with Crippen molar-refractivity contribution in [3.05, 3.63) is 65.2 Å². The number of carbonyl (C=O) groups is 2. The lowest BCUT2D eigenvalue weighted by Gasteiger charge is -2.21. The number of hydrazine groups is 1. The minimum absolute atomic E-state index is 0.161. The Morgan fingerprint density at radius 3 is 1.81 bits per heavy atom. The summed E-state index contributed by atoms with van der Waals surface area (Å²) in [4.78, 5) is 24.9. The Hall–Kier alpha value is -2.01. The number of hydrogen-bond acceptors (Lipinski definition) is 6. The van der Waals surface area contributed by atoms with E-state index in [1.807, 2.05) is 35.7 Å². The summed E-state index contributed by atoms with van der Waals surface area (Å²) < 4.78 is 27.0. The highest BCUT2D eigenvalue weighted by molar-refractivity contribution is 8.16. The third-order valence-corrected chi connectivity index (χ3v) is 10.3. The Balaban J connectivity index is 1.32. The molecular weight excluding hydrogens is 466 g/mol. The molecule has 2 aromatic carbocycles. The number of rotatable bonds is 5. The first kappa shape index (κ1) is 23.2. The van der Waals surface area contributed by atoms with Crippen LogP contribution in [0.3, 0.4) is 0 Å². The Bertz CT molecular complexity index is 1060. The molecule has 0 atom stereocenters. The fourth-order valence-electron chi connectivity index (χ4n) is 3.59. The number of carbonyl (C=O) groups excluding carboxylic acids is 2. The van der Waals surface area contributed by atoms with E-state index in [1.54, 1.807) is 12.1 Å². The molecule has 0 unspecified atom stereocenters. The van der Waals surface area contributed by atoms with E-state index in [-0.39, 0.29) is 10.5 Å². The maximum atomic E-state index is 12.6. The molecule has 2 N–H and O–H groups in total. The SMILES string of the molecule is O=C(NNC(=O)c1ccc(S(=O)(=O)N2CCCC2)cc1)c1ccc(C2SCCCS2)cc1. The molecule has 2 aliphatic heterocycles. The van der Waals surface area contributed by atoms with Crippen LogP contribution in [0.4, 0.5) is 0 Å². The van der Waals surface area contributed by atoms with Crippen molar-refractivity contribution in [2.45, 2.75) is 28.7 Å². The van der Waals surface area contributed by atoms with E-state index >= 15 is 0 Å². The minimum Gasteiger partial charge on any atom is -0.267 e. The van der Waals surface area contributed by atoms with Crippen molar-refractivity contribution in [1.82, 2.24) is 15.2 Å². The third kappa shape index (κ3) is 5.31. The second kappa shape index (κ2) is 10.3. The smallest absolute Gasteiger partial charge is 0.267 e. The number of amides is 2. The zero-order chi connectivity index (χ0) is 22.6. The number of sulfonamides is 1. The van der Waals surface area contributed by atoms with Gasteiger partial charge in [-0.25, -0.2) is 8.42 Å². The van der Waals surface area contributed by atoms with Crippen molar-refractivity contribution >= 4 is 45.4 Å². The lowest BCUT2D eigenvalue weighted by atomic mass is 10.1. The molecule has 2 amide bonds. The van der Waals surface area contributed by atoms with Crippen LogP contribution >= 0.6 is 23.5 Å². The molecule has 2 fully saturated rings. The normalized spacial score (nSPS) is 17.8. The number of hydrogen-bond donors (Lipinski definition) is 2. The fraction of sp³-hybridized carbons (Fsp3) is 0.364. The zero-order valence-corrected chi connectivity index (χ0v) is 19.9. The van der Waals surface area contributed by atoms with E-state index in [9.17, 15) is 18.0 Å². The molecule has 7 nitrogen and oxygen atoms in total. The van der Waals surface area contributed by atoms with Gasteiger partial charge in [0.25, 0.3) is 11.8 Å². The summed E-state index contributed by atoms with van der Waals surface area (Å²) in [6, 6.07) is 13.1. The molecule has 170 valence electrons. The summed E-state index contributed by atoms with van der Waals surface area (Å²) in [5.74, 6) is 1.37. The van der Waals surface area contributed by atoms with Gasteiger partial charge in [0.15, 0.2) is 0 Å². The van der Waals surface area contributed by atoms with E-state index < -0.39 is 21.8 Å². The lowest BCUT2D eigenvalue weighted by molar-refractivity contribution is 0.0846. The third-order valence-electron chi connectivity index (χ3n) is 5.38. The highest BCUT2D eigenvalue weighted by atomic mass is 32.2. The molecule has 0 saturated carbocycles. The summed E-state index contributed by atoms with van der Waals surface area (Å²) in [5, 5.41) is 0. The maximum absolute atomic E-state index is 12.6. The summed E-state index contributed by atoms with van der Waals surface area (Å²) >= 11 is 3.83. The Kier molecular flexibility index (Phi) is 7.44. The second-order valence-corrected chi connectivity index (χ2v) is 12.3. The summed E-state index contributed by atoms with van der Waals surface area (Å²) in [5.41, 5.74) is 6.68. The Labute approximate surface area is 196 Å². The number of benzene rings is 2. The van der Waals surface area contributed by atoms with E-state index in [0.717, 1.165) is 24.3 Å². The van der Waals surface area contributed by atoms with Crippen LogP contribution in [0.2, 0.25) is 0 Å². The first-order valence-electron chi connectivity index (χ1n) is 10.5. The summed E-state index contributed by atoms with van der Waals surface area (Å²) in [6.45, 7) is 1.05. The van der Waals surface area contributed by atoms with Gasteiger partial charge in [-0.3, -0.25) is 20.4 Å². The Morgan fingerprint density at radius 2 is 1.28 bits per heavy atom. The maximum Gasteiger partial charge on any atom is 0.269 e. The molecule has 2 saturated heterocycles. The van der Waals surface area contributed by atoms with E-state index in [1.165, 1.54) is 40.6 Å². The van der Waals surface area contributed by atoms with Crippen LogP contribution in [-0.2, 0) is 10.0 Å². The van der Waals surface area contributed by atoms with Crippen molar-refractivity contribution < 1.29 is 18.0 Å². The molecule has 32 heavy (non-hydrogen) atoms. The van der Waals surface area contributed by atoms with Gasteiger partial charge in [-0.1, -0.05) is 12.1 Å². The van der Waals surface area contributed by atoms with E-state index in [2.05, 4.69) is 10.9 Å². The van der Waals surface area contributed by atoms with Crippen LogP contribution in [0.5, 0.6) is 0 Å². The highest BCUT2D eigenvalue weighted by Crippen LogP contribution is 2.43. The monoisotopic (exact) mass is 491 g/mol. The predicted molar refractivity (Wildman–Crippen MR) is 128 cm³/mol. The highest BCUT2D eigenvalue weighted by Gasteiger charge is 2.27. The average molecular weight is 492 g/mol. The number of nitrogens with one attached hydrogen (secondary N) is 2. The van der Waals surface area contributed by atoms with Crippen LogP contribution < -0.4 is 10.9 Å². The van der Waals surface area contributed by atoms with Gasteiger partial charge in [-0.05, 0) is 72.7 Å². The van der Waals surface area contributed by atoms with Gasteiger partial charge in [0, 0.05) is 24.2 Å². The first-order chi connectivity index (χ1) is 15.4. The predicted octanol–water partition coefficient (Wildman–Crippen LogP) is 3.41. The number of nitrogens with zero attached hydrogens (tertiary/aromatic N) is 1. The molecule has 4 rings (SSSR count). The molecular formula is C22H25N3O4S3. The van der Waals surface area contributed by atoms with Crippen LogP contribution in [0.1, 0.15) is 50.1 Å². The molecule has 10 heteroatoms. The number of thioether (sulfide) groups is 2. The molecule has 0 radical (unpaired) electrons. The topological polar surface area (TPSA) is 95.6 Å². The van der Waals surface area contributed by atoms with Gasteiger partial charge >= 0.3 is 0 Å². The summed E-state index contributed by atoms with van der Waals surface area (Å²) in [6.07, 6.45) is 2.95. The van der Waals surface area contributed by atoms with Crippen LogP contribution in [0, 0.1) is 0 Å². The molecule has 2 aromatic rings. The molecule has 0 aliphatic carbocycles. The van der Waals surface area contributed by atoms with Crippen LogP contribution in [0.15, 0.2) is 53.4 Å². The van der Waals surface area contributed by atoms with E-state index in [4.69, 9.17) is 0 Å². The van der Waals surface area contributed by atoms with Crippen LogP contribution in [-0.4, -0.2) is 49.1 Å². The van der Waals surface area contributed by atoms with Crippen molar-refractivity contribution in [2.75, 3.05) is 24.6 Å². The van der Waals surface area contributed by atoms with Gasteiger partial charge in [-0.2, -0.15) is 4.31 Å². The summed E-state index contributed by atoms with van der Waals surface area (Å²) in [7, 11) is -3.53. The van der Waals surface area contributed by atoms with Gasteiger partial charge in [0.05, 0.1) is 9.48 Å². The van der Waals surface area contributed by atoms with Gasteiger partial charge in [0.2, 0.25) is 10.0 Å². The fourth-order valence-corrected chi connectivity index (χ4v) is 8.00. The van der Waals surface area contributed by atoms with Gasteiger partial charge < -0.3 is 0 Å². The van der Waals surface area contributed by atoms with Crippen molar-refractivity contribution in [3.8, 4) is 0 Å². The van der Waals surface area contributed by atoms with Crippen molar-refractivity contribution in [3.63, 3.8) is 0 Å².